The minimum atomic E-state index is -0.899. The van der Waals surface area contributed by atoms with Crippen LogP contribution in [-0.4, -0.2) is 25.7 Å². The minimum Gasteiger partial charge on any atom is -0.481 e. The number of rotatable bonds is 5. The zero-order valence-corrected chi connectivity index (χ0v) is 8.92. The zero-order chi connectivity index (χ0) is 11.4. The number of carboxylic acid groups (broad SMARTS) is 1. The van der Waals surface area contributed by atoms with Gasteiger partial charge in [-0.25, -0.2) is 4.98 Å². The first-order chi connectivity index (χ1) is 7.06. The van der Waals surface area contributed by atoms with Gasteiger partial charge in [0.2, 0.25) is 0 Å². The maximum Gasteiger partial charge on any atom is 0.303 e. The van der Waals surface area contributed by atoms with Gasteiger partial charge >= 0.3 is 5.97 Å². The number of imidazole rings is 1. The average Bonchev–Trinajstić information content (AvgIpc) is 2.62. The van der Waals surface area contributed by atoms with Crippen molar-refractivity contribution < 1.29 is 15.0 Å². The van der Waals surface area contributed by atoms with E-state index in [1.807, 2.05) is 11.5 Å². The molecule has 15 heavy (non-hydrogen) atoms. The highest BCUT2D eigenvalue weighted by Gasteiger charge is 2.21. The van der Waals surface area contributed by atoms with Gasteiger partial charge in [-0.1, -0.05) is 6.92 Å². The molecule has 2 atom stereocenters. The first-order valence-corrected chi connectivity index (χ1v) is 4.96. The molecule has 5 heteroatoms. The van der Waals surface area contributed by atoms with Crippen molar-refractivity contribution in [3.05, 3.63) is 18.2 Å². The van der Waals surface area contributed by atoms with Gasteiger partial charge in [0.15, 0.2) is 0 Å². The van der Waals surface area contributed by atoms with Gasteiger partial charge in [0, 0.05) is 6.54 Å². The van der Waals surface area contributed by atoms with E-state index in [1.54, 1.807) is 19.4 Å². The van der Waals surface area contributed by atoms with E-state index in [9.17, 15) is 9.90 Å². The normalized spacial score (nSPS) is 14.9. The summed E-state index contributed by atoms with van der Waals surface area (Å²) < 4.78 is 1.81. The van der Waals surface area contributed by atoms with Crippen molar-refractivity contribution >= 4 is 5.97 Å². The van der Waals surface area contributed by atoms with Crippen molar-refractivity contribution in [2.45, 2.75) is 32.9 Å². The fourth-order valence-electron chi connectivity index (χ4n) is 1.52. The molecule has 1 aromatic heterocycles. The Morgan fingerprint density at radius 2 is 2.33 bits per heavy atom. The number of hydrogen-bond donors (Lipinski definition) is 2. The number of aliphatic hydroxyl groups is 1. The molecule has 2 N–H and O–H groups in total. The molecule has 0 aliphatic heterocycles. The molecule has 0 amide bonds. The monoisotopic (exact) mass is 212 g/mol. The number of aromatic nitrogens is 2. The molecule has 0 saturated heterocycles. The van der Waals surface area contributed by atoms with Crippen molar-refractivity contribution in [2.24, 2.45) is 5.92 Å². The summed E-state index contributed by atoms with van der Waals surface area (Å²) in [5.74, 6) is -1.21. The van der Waals surface area contributed by atoms with Gasteiger partial charge in [-0.05, 0) is 12.8 Å². The van der Waals surface area contributed by atoms with Crippen LogP contribution >= 0.6 is 0 Å². The summed E-state index contributed by atoms with van der Waals surface area (Å²) in [4.78, 5) is 14.4. The molecule has 0 aromatic carbocycles. The number of aliphatic hydroxyl groups excluding tert-OH is 1. The van der Waals surface area contributed by atoms with Crippen LogP contribution in [0.25, 0.3) is 0 Å². The van der Waals surface area contributed by atoms with Gasteiger partial charge in [-0.2, -0.15) is 0 Å². The highest BCUT2D eigenvalue weighted by Crippen LogP contribution is 2.23. The first-order valence-electron chi connectivity index (χ1n) is 4.96. The van der Waals surface area contributed by atoms with Crippen molar-refractivity contribution in [3.63, 3.8) is 0 Å². The molecule has 0 bridgehead atoms. The topological polar surface area (TPSA) is 75.3 Å². The Bertz CT molecular complexity index is 335. The number of nitrogens with zero attached hydrogens (tertiary/aromatic N) is 2. The molecule has 0 aliphatic rings. The molecular weight excluding hydrogens is 196 g/mol. The third-order valence-electron chi connectivity index (χ3n) is 2.42. The van der Waals surface area contributed by atoms with Gasteiger partial charge in [0.1, 0.15) is 0 Å². The van der Waals surface area contributed by atoms with E-state index in [2.05, 4.69) is 4.98 Å². The third-order valence-corrected chi connectivity index (χ3v) is 2.42. The largest absolute Gasteiger partial charge is 0.481 e. The highest BCUT2D eigenvalue weighted by atomic mass is 16.4. The van der Waals surface area contributed by atoms with Crippen molar-refractivity contribution in [2.75, 3.05) is 0 Å². The van der Waals surface area contributed by atoms with Gasteiger partial charge in [0.05, 0.1) is 30.7 Å². The second-order valence-corrected chi connectivity index (χ2v) is 3.62. The summed E-state index contributed by atoms with van der Waals surface area (Å²) in [6.45, 7) is 4.37. The summed E-state index contributed by atoms with van der Waals surface area (Å²) in [6, 6.07) is 0. The smallest absolute Gasteiger partial charge is 0.303 e. The Hall–Kier alpha value is -1.36. The van der Waals surface area contributed by atoms with Gasteiger partial charge < -0.3 is 14.8 Å². The average molecular weight is 212 g/mol. The third kappa shape index (κ3) is 2.79. The summed E-state index contributed by atoms with van der Waals surface area (Å²) in [7, 11) is 0. The van der Waals surface area contributed by atoms with Crippen molar-refractivity contribution in [3.8, 4) is 0 Å². The molecular formula is C10H16N2O3. The van der Waals surface area contributed by atoms with Crippen LogP contribution in [0.3, 0.4) is 0 Å². The van der Waals surface area contributed by atoms with E-state index in [0.717, 1.165) is 0 Å². The maximum absolute atomic E-state index is 10.5. The second-order valence-electron chi connectivity index (χ2n) is 3.62. The number of carbonyl (C=O) groups is 1. The predicted molar refractivity (Wildman–Crippen MR) is 54.3 cm³/mol. The standard InChI is InChI=1S/C10H16N2O3/c1-3-12-6-11-5-8(12)10(15)7(2)4-9(13)14/h5-7,10,15H,3-4H2,1-2H3,(H,13,14). The van der Waals surface area contributed by atoms with Crippen LogP contribution < -0.4 is 0 Å². The summed E-state index contributed by atoms with van der Waals surface area (Å²) in [5, 5.41) is 18.5. The molecule has 5 nitrogen and oxygen atoms in total. The maximum atomic E-state index is 10.5. The number of carboxylic acids is 1. The molecule has 0 aliphatic carbocycles. The lowest BCUT2D eigenvalue weighted by atomic mass is 9.99. The van der Waals surface area contributed by atoms with Crippen LogP contribution in [-0.2, 0) is 11.3 Å². The van der Waals surface area contributed by atoms with Crippen LogP contribution in [0.1, 0.15) is 32.1 Å². The quantitative estimate of drug-likeness (QED) is 0.764. The zero-order valence-electron chi connectivity index (χ0n) is 8.92. The molecule has 2 unspecified atom stereocenters. The van der Waals surface area contributed by atoms with Gasteiger partial charge in [-0.3, -0.25) is 4.79 Å². The summed E-state index contributed by atoms with van der Waals surface area (Å²) in [5.41, 5.74) is 0.672. The molecule has 1 heterocycles. The number of aliphatic carboxylic acids is 1. The van der Waals surface area contributed by atoms with E-state index < -0.39 is 12.1 Å². The molecule has 84 valence electrons. The Balaban J connectivity index is 2.75. The fourth-order valence-corrected chi connectivity index (χ4v) is 1.52. The Morgan fingerprint density at radius 3 is 2.87 bits per heavy atom. The highest BCUT2D eigenvalue weighted by molar-refractivity contribution is 5.67. The molecule has 0 saturated carbocycles. The van der Waals surface area contributed by atoms with E-state index in [-0.39, 0.29) is 12.3 Å². The van der Waals surface area contributed by atoms with E-state index in [1.165, 1.54) is 0 Å². The SMILES string of the molecule is CCn1cncc1C(O)C(C)CC(=O)O. The van der Waals surface area contributed by atoms with Crippen LogP contribution in [0.2, 0.25) is 0 Å². The Kier molecular flexibility index (Phi) is 3.85. The van der Waals surface area contributed by atoms with Crippen LogP contribution in [0.4, 0.5) is 0 Å². The van der Waals surface area contributed by atoms with E-state index in [4.69, 9.17) is 5.11 Å². The lowest BCUT2D eigenvalue weighted by molar-refractivity contribution is -0.139. The Morgan fingerprint density at radius 1 is 1.67 bits per heavy atom. The lowest BCUT2D eigenvalue weighted by Gasteiger charge is -2.18. The van der Waals surface area contributed by atoms with Gasteiger partial charge in [0.25, 0.3) is 0 Å². The number of aryl methyl sites for hydroxylation is 1. The van der Waals surface area contributed by atoms with Crippen molar-refractivity contribution in [1.82, 2.24) is 9.55 Å². The second kappa shape index (κ2) is 4.93. The molecule has 1 rings (SSSR count). The molecule has 0 radical (unpaired) electrons. The summed E-state index contributed by atoms with van der Waals surface area (Å²) in [6.07, 6.45) is 2.39. The Labute approximate surface area is 88.4 Å². The summed E-state index contributed by atoms with van der Waals surface area (Å²) >= 11 is 0. The minimum absolute atomic E-state index is 0.0456. The van der Waals surface area contributed by atoms with E-state index >= 15 is 0 Å². The molecule has 0 fully saturated rings. The lowest BCUT2D eigenvalue weighted by Crippen LogP contribution is -2.16. The molecule has 0 spiro atoms. The van der Waals surface area contributed by atoms with Crippen LogP contribution in [0, 0.1) is 5.92 Å². The predicted octanol–water partition coefficient (Wildman–Crippen LogP) is 1.05. The van der Waals surface area contributed by atoms with Crippen LogP contribution in [0.15, 0.2) is 12.5 Å². The van der Waals surface area contributed by atoms with Gasteiger partial charge in [-0.15, -0.1) is 0 Å². The first kappa shape index (κ1) is 11.7. The van der Waals surface area contributed by atoms with Crippen LogP contribution in [0.5, 0.6) is 0 Å². The fraction of sp³-hybridized carbons (Fsp3) is 0.600. The van der Waals surface area contributed by atoms with E-state index in [0.29, 0.717) is 12.2 Å². The molecule has 1 aromatic rings. The van der Waals surface area contributed by atoms with Crippen molar-refractivity contribution in [1.29, 1.82) is 0 Å². The number of hydrogen-bond acceptors (Lipinski definition) is 3.